The minimum absolute atomic E-state index is 0.0802. The van der Waals surface area contributed by atoms with Gasteiger partial charge in [0.05, 0.1) is 27.8 Å². The quantitative estimate of drug-likeness (QED) is 0.321. The van der Waals surface area contributed by atoms with E-state index in [-0.39, 0.29) is 24.8 Å². The molecule has 1 N–H and O–H groups in total. The zero-order chi connectivity index (χ0) is 27.3. The van der Waals surface area contributed by atoms with E-state index in [2.05, 4.69) is 5.32 Å². The number of carbonyl (C=O) groups is 2. The summed E-state index contributed by atoms with van der Waals surface area (Å²) in [5.74, 6) is 1.38. The molecule has 2 amide bonds. The average molecular weight is 521 g/mol. The van der Waals surface area contributed by atoms with Crippen LogP contribution in [0.3, 0.4) is 0 Å². The van der Waals surface area contributed by atoms with E-state index >= 15 is 0 Å². The number of ether oxygens (including phenoxy) is 4. The minimum Gasteiger partial charge on any atom is -0.497 e. The van der Waals surface area contributed by atoms with E-state index < -0.39 is 6.04 Å². The molecule has 8 nitrogen and oxygen atoms in total. The SMILES string of the molecule is COCCCNC(=O)[C@H](c1ccccc1)N(Cc1ccc(OC)cc1)C(=O)Cc1ccc(OC)c(OC)c1. The Morgan fingerprint density at radius 1 is 0.816 bits per heavy atom. The molecule has 0 saturated carbocycles. The van der Waals surface area contributed by atoms with Crippen molar-refractivity contribution in [2.75, 3.05) is 41.6 Å². The molecule has 0 aliphatic heterocycles. The van der Waals surface area contributed by atoms with Crippen LogP contribution in [-0.4, -0.2) is 58.3 Å². The molecule has 0 heterocycles. The van der Waals surface area contributed by atoms with Crippen molar-refractivity contribution in [3.05, 3.63) is 89.5 Å². The van der Waals surface area contributed by atoms with Crippen molar-refractivity contribution < 1.29 is 28.5 Å². The van der Waals surface area contributed by atoms with Gasteiger partial charge in [-0.2, -0.15) is 0 Å². The number of hydrogen-bond donors (Lipinski definition) is 1. The van der Waals surface area contributed by atoms with Gasteiger partial charge in [-0.3, -0.25) is 9.59 Å². The first kappa shape index (κ1) is 28.5. The molecule has 0 bridgehead atoms. The highest BCUT2D eigenvalue weighted by Gasteiger charge is 2.31. The van der Waals surface area contributed by atoms with E-state index in [1.807, 2.05) is 60.7 Å². The number of methoxy groups -OCH3 is 4. The summed E-state index contributed by atoms with van der Waals surface area (Å²) in [5.41, 5.74) is 2.35. The summed E-state index contributed by atoms with van der Waals surface area (Å²) >= 11 is 0. The van der Waals surface area contributed by atoms with E-state index in [1.165, 1.54) is 0 Å². The minimum atomic E-state index is -0.825. The number of carbonyl (C=O) groups excluding carboxylic acids is 2. The Balaban J connectivity index is 1.97. The molecule has 0 saturated heterocycles. The number of nitrogens with one attached hydrogen (secondary N) is 1. The predicted molar refractivity (Wildman–Crippen MR) is 145 cm³/mol. The van der Waals surface area contributed by atoms with Crippen LogP contribution in [0.1, 0.15) is 29.2 Å². The van der Waals surface area contributed by atoms with Crippen LogP contribution in [0.5, 0.6) is 17.2 Å². The fourth-order valence-corrected chi connectivity index (χ4v) is 4.15. The first-order chi connectivity index (χ1) is 18.5. The summed E-state index contributed by atoms with van der Waals surface area (Å²) in [6.07, 6.45) is 0.749. The Bertz CT molecular complexity index is 1170. The van der Waals surface area contributed by atoms with E-state index in [4.69, 9.17) is 18.9 Å². The molecule has 3 aromatic rings. The molecule has 3 aromatic carbocycles. The number of benzene rings is 3. The molecule has 0 aliphatic carbocycles. The fourth-order valence-electron chi connectivity index (χ4n) is 4.15. The van der Waals surface area contributed by atoms with E-state index in [9.17, 15) is 9.59 Å². The summed E-state index contributed by atoms with van der Waals surface area (Å²) in [6, 6.07) is 21.4. The first-order valence-electron chi connectivity index (χ1n) is 12.5. The van der Waals surface area contributed by atoms with E-state index in [0.29, 0.717) is 36.8 Å². The van der Waals surface area contributed by atoms with Gasteiger partial charge in [0, 0.05) is 26.8 Å². The van der Waals surface area contributed by atoms with Crippen molar-refractivity contribution in [1.82, 2.24) is 10.2 Å². The van der Waals surface area contributed by atoms with Gasteiger partial charge in [-0.1, -0.05) is 48.5 Å². The number of hydrogen-bond acceptors (Lipinski definition) is 6. The molecule has 202 valence electrons. The summed E-state index contributed by atoms with van der Waals surface area (Å²) < 4.78 is 21.1. The normalized spacial score (nSPS) is 11.4. The van der Waals surface area contributed by atoms with Crippen LogP contribution in [0.15, 0.2) is 72.8 Å². The second-order valence-electron chi connectivity index (χ2n) is 8.69. The molecule has 0 unspecified atom stereocenters. The Hall–Kier alpha value is -4.04. The molecular weight excluding hydrogens is 484 g/mol. The van der Waals surface area contributed by atoms with Crippen molar-refractivity contribution in [3.63, 3.8) is 0 Å². The van der Waals surface area contributed by atoms with Gasteiger partial charge in [0.25, 0.3) is 0 Å². The Kier molecular flexibility index (Phi) is 11.0. The monoisotopic (exact) mass is 520 g/mol. The highest BCUT2D eigenvalue weighted by atomic mass is 16.5. The molecular formula is C30H36N2O6. The van der Waals surface area contributed by atoms with Gasteiger partial charge in [0.1, 0.15) is 11.8 Å². The van der Waals surface area contributed by atoms with Gasteiger partial charge in [-0.15, -0.1) is 0 Å². The molecule has 0 spiro atoms. The van der Waals surface area contributed by atoms with Gasteiger partial charge in [0.2, 0.25) is 11.8 Å². The molecule has 8 heteroatoms. The standard InChI is InChI=1S/C30H36N2O6/c1-35-18-8-17-31-30(34)29(24-9-6-5-7-10-24)32(21-22-11-14-25(36-2)15-12-22)28(33)20-23-13-16-26(37-3)27(19-23)38-4/h5-7,9-16,19,29H,8,17-18,20-21H2,1-4H3,(H,31,34)/t29-/m0/s1. The summed E-state index contributed by atoms with van der Waals surface area (Å²) in [5, 5.41) is 2.98. The Labute approximate surface area is 224 Å². The number of rotatable bonds is 14. The zero-order valence-electron chi connectivity index (χ0n) is 22.4. The Morgan fingerprint density at radius 2 is 1.50 bits per heavy atom. The maximum atomic E-state index is 13.9. The second kappa shape index (κ2) is 14.6. The second-order valence-corrected chi connectivity index (χ2v) is 8.69. The van der Waals surface area contributed by atoms with Crippen LogP contribution in [0.4, 0.5) is 0 Å². The van der Waals surface area contributed by atoms with Crippen LogP contribution in [0, 0.1) is 0 Å². The van der Waals surface area contributed by atoms with Crippen molar-refractivity contribution >= 4 is 11.8 Å². The van der Waals surface area contributed by atoms with Crippen LogP contribution < -0.4 is 19.5 Å². The molecule has 0 fully saturated rings. The molecule has 3 rings (SSSR count). The number of nitrogens with zero attached hydrogens (tertiary/aromatic N) is 1. The van der Waals surface area contributed by atoms with Crippen molar-refractivity contribution in [2.24, 2.45) is 0 Å². The lowest BCUT2D eigenvalue weighted by Gasteiger charge is -2.32. The van der Waals surface area contributed by atoms with Gasteiger partial charge >= 0.3 is 0 Å². The third-order valence-electron chi connectivity index (χ3n) is 6.14. The highest BCUT2D eigenvalue weighted by molar-refractivity contribution is 5.89. The predicted octanol–water partition coefficient (Wildman–Crippen LogP) is 4.18. The van der Waals surface area contributed by atoms with Crippen molar-refractivity contribution in [1.29, 1.82) is 0 Å². The molecule has 0 radical (unpaired) electrons. The summed E-state index contributed by atoms with van der Waals surface area (Å²) in [7, 11) is 6.35. The highest BCUT2D eigenvalue weighted by Crippen LogP contribution is 2.29. The maximum absolute atomic E-state index is 13.9. The lowest BCUT2D eigenvalue weighted by Crippen LogP contribution is -2.44. The summed E-state index contributed by atoms with van der Waals surface area (Å²) in [6.45, 7) is 1.21. The van der Waals surface area contributed by atoms with Gasteiger partial charge in [-0.25, -0.2) is 0 Å². The lowest BCUT2D eigenvalue weighted by atomic mass is 10.0. The molecule has 38 heavy (non-hydrogen) atoms. The molecule has 1 atom stereocenters. The smallest absolute Gasteiger partial charge is 0.247 e. The molecule has 0 aliphatic rings. The van der Waals surface area contributed by atoms with Gasteiger partial charge in [0.15, 0.2) is 11.5 Å². The average Bonchev–Trinajstić information content (AvgIpc) is 2.95. The maximum Gasteiger partial charge on any atom is 0.247 e. The van der Waals surface area contributed by atoms with Gasteiger partial charge in [-0.05, 0) is 47.4 Å². The third kappa shape index (κ3) is 7.73. The van der Waals surface area contributed by atoms with Crippen LogP contribution in [-0.2, 0) is 27.3 Å². The third-order valence-corrected chi connectivity index (χ3v) is 6.14. The number of amides is 2. The van der Waals surface area contributed by atoms with Crippen molar-refractivity contribution in [3.8, 4) is 17.2 Å². The largest absolute Gasteiger partial charge is 0.497 e. The summed E-state index contributed by atoms with van der Waals surface area (Å²) in [4.78, 5) is 29.1. The Morgan fingerprint density at radius 3 is 2.13 bits per heavy atom. The first-order valence-corrected chi connectivity index (χ1v) is 12.5. The fraction of sp³-hybridized carbons (Fsp3) is 0.333. The van der Waals surface area contributed by atoms with Crippen LogP contribution in [0.2, 0.25) is 0 Å². The molecule has 0 aromatic heterocycles. The lowest BCUT2D eigenvalue weighted by molar-refractivity contribution is -0.141. The van der Waals surface area contributed by atoms with Crippen LogP contribution in [0.25, 0.3) is 0 Å². The van der Waals surface area contributed by atoms with E-state index in [0.717, 1.165) is 16.7 Å². The zero-order valence-corrected chi connectivity index (χ0v) is 22.4. The van der Waals surface area contributed by atoms with E-state index in [1.54, 1.807) is 45.5 Å². The topological polar surface area (TPSA) is 86.3 Å². The van der Waals surface area contributed by atoms with Crippen molar-refractivity contribution in [2.45, 2.75) is 25.4 Å². The van der Waals surface area contributed by atoms with Crippen LogP contribution >= 0.6 is 0 Å². The van der Waals surface area contributed by atoms with Gasteiger partial charge < -0.3 is 29.2 Å².